The number of imide groups is 1. The van der Waals surface area contributed by atoms with Crippen molar-refractivity contribution in [3.05, 3.63) is 63.9 Å². The molecule has 4 rings (SSSR count). The lowest BCUT2D eigenvalue weighted by Crippen LogP contribution is -2.37. The van der Waals surface area contributed by atoms with Gasteiger partial charge in [-0.15, -0.1) is 0 Å². The number of nitrogens with one attached hydrogen (secondary N) is 1. The first-order valence-electron chi connectivity index (χ1n) is 8.07. The molecule has 3 heterocycles. The first kappa shape index (κ1) is 16.5. The molecule has 132 valence electrons. The maximum Gasteiger partial charge on any atom is 0.338 e. The number of furan rings is 1. The predicted octanol–water partition coefficient (Wildman–Crippen LogP) is 2.50. The summed E-state index contributed by atoms with van der Waals surface area (Å²) in [7, 11) is 0. The lowest BCUT2D eigenvalue weighted by atomic mass is 9.96. The predicted molar refractivity (Wildman–Crippen MR) is 92.7 cm³/mol. The minimum atomic E-state index is -0.706. The number of carbonyl (C=O) groups is 3. The van der Waals surface area contributed by atoms with Crippen molar-refractivity contribution in [2.45, 2.75) is 13.5 Å². The summed E-state index contributed by atoms with van der Waals surface area (Å²) in [6.07, 6.45) is 1.47. The Kier molecular flexibility index (Phi) is 3.74. The molecule has 2 amide bonds. The largest absolute Gasteiger partial charge is 0.457 e. The third-order valence-electron chi connectivity index (χ3n) is 4.48. The Morgan fingerprint density at radius 1 is 1.15 bits per heavy atom. The fourth-order valence-electron chi connectivity index (χ4n) is 3.01. The van der Waals surface area contributed by atoms with Crippen molar-refractivity contribution in [2.24, 2.45) is 0 Å². The molecule has 2 aliphatic rings. The summed E-state index contributed by atoms with van der Waals surface area (Å²) in [4.78, 5) is 35.4. The summed E-state index contributed by atoms with van der Waals surface area (Å²) in [6.45, 7) is 1.81. The van der Waals surface area contributed by atoms with Gasteiger partial charge in [-0.1, -0.05) is 12.1 Å². The zero-order chi connectivity index (χ0) is 19.1. The number of benzene rings is 1. The molecule has 1 aromatic carbocycles. The van der Waals surface area contributed by atoms with E-state index in [0.717, 1.165) is 5.56 Å². The van der Waals surface area contributed by atoms with E-state index in [1.165, 1.54) is 13.0 Å². The molecule has 1 aromatic heterocycles. The summed E-state index contributed by atoms with van der Waals surface area (Å²) < 4.78 is 10.8. The summed E-state index contributed by atoms with van der Waals surface area (Å²) in [5.74, 6) is -0.769. The van der Waals surface area contributed by atoms with E-state index in [2.05, 4.69) is 5.32 Å². The minimum absolute atomic E-state index is 0.107. The van der Waals surface area contributed by atoms with Gasteiger partial charge in [0.15, 0.2) is 0 Å². The molecule has 0 unspecified atom stereocenters. The molecule has 0 aliphatic carbocycles. The normalized spacial score (nSPS) is 17.6. The van der Waals surface area contributed by atoms with Gasteiger partial charge < -0.3 is 9.15 Å². The van der Waals surface area contributed by atoms with Crippen LogP contribution in [0.2, 0.25) is 0 Å². The van der Waals surface area contributed by atoms with E-state index < -0.39 is 11.8 Å². The highest BCUT2D eigenvalue weighted by Crippen LogP contribution is 2.30. The second-order valence-electron chi connectivity index (χ2n) is 6.10. The van der Waals surface area contributed by atoms with Crippen molar-refractivity contribution in [1.82, 2.24) is 5.32 Å². The Bertz CT molecular complexity index is 1130. The van der Waals surface area contributed by atoms with Gasteiger partial charge in [0.2, 0.25) is 0 Å². The van der Waals surface area contributed by atoms with E-state index in [9.17, 15) is 14.4 Å². The number of carbonyl (C=O) groups excluding carboxylic acids is 3. The van der Waals surface area contributed by atoms with Gasteiger partial charge in [0, 0.05) is 16.7 Å². The van der Waals surface area contributed by atoms with Crippen molar-refractivity contribution in [3.8, 4) is 17.4 Å². The van der Waals surface area contributed by atoms with Gasteiger partial charge in [0.25, 0.3) is 11.8 Å². The van der Waals surface area contributed by atoms with Crippen molar-refractivity contribution in [1.29, 1.82) is 5.26 Å². The van der Waals surface area contributed by atoms with Crippen LogP contribution in [0.1, 0.15) is 28.6 Å². The van der Waals surface area contributed by atoms with Crippen molar-refractivity contribution in [3.63, 3.8) is 0 Å². The molecular formula is C20H12N2O5. The average Bonchev–Trinajstić information content (AvgIpc) is 3.26. The Hall–Kier alpha value is -3.92. The van der Waals surface area contributed by atoms with Crippen molar-refractivity contribution >= 4 is 23.9 Å². The van der Waals surface area contributed by atoms with Gasteiger partial charge in [-0.2, -0.15) is 5.26 Å². The molecular weight excluding hydrogens is 348 g/mol. The first-order valence-corrected chi connectivity index (χ1v) is 8.07. The molecule has 2 aromatic rings. The summed E-state index contributed by atoms with van der Waals surface area (Å²) in [5, 5.41) is 11.2. The van der Waals surface area contributed by atoms with Crippen molar-refractivity contribution < 1.29 is 23.5 Å². The molecule has 0 saturated heterocycles. The monoisotopic (exact) mass is 360 g/mol. The average molecular weight is 360 g/mol. The number of rotatable bonds is 2. The van der Waals surface area contributed by atoms with E-state index >= 15 is 0 Å². The zero-order valence-electron chi connectivity index (χ0n) is 14.2. The number of nitriles is 1. The van der Waals surface area contributed by atoms with E-state index in [1.54, 1.807) is 24.3 Å². The molecule has 0 spiro atoms. The lowest BCUT2D eigenvalue weighted by molar-refractivity contribution is -0.126. The SMILES string of the molecule is CC1=C(C#N)C(=O)NC(=O)C1=Cc1ccc(-c2ccc3c(c2)C(=O)OC3)o1. The zero-order valence-corrected chi connectivity index (χ0v) is 14.2. The Labute approximate surface area is 153 Å². The van der Waals surface area contributed by atoms with Crippen molar-refractivity contribution in [2.75, 3.05) is 0 Å². The van der Waals surface area contributed by atoms with Crippen LogP contribution < -0.4 is 5.32 Å². The first-order chi connectivity index (χ1) is 13.0. The van der Waals surface area contributed by atoms with Crippen LogP contribution >= 0.6 is 0 Å². The van der Waals surface area contributed by atoms with Crippen LogP contribution in [-0.4, -0.2) is 17.8 Å². The van der Waals surface area contributed by atoms with Gasteiger partial charge >= 0.3 is 5.97 Å². The quantitative estimate of drug-likeness (QED) is 0.501. The molecule has 0 fully saturated rings. The highest BCUT2D eigenvalue weighted by molar-refractivity contribution is 6.19. The highest BCUT2D eigenvalue weighted by Gasteiger charge is 2.28. The fourth-order valence-corrected chi connectivity index (χ4v) is 3.01. The number of amides is 2. The van der Waals surface area contributed by atoms with Gasteiger partial charge in [-0.05, 0) is 36.8 Å². The van der Waals surface area contributed by atoms with Crippen LogP contribution in [0.5, 0.6) is 0 Å². The maximum atomic E-state index is 12.1. The third kappa shape index (κ3) is 2.73. The second-order valence-corrected chi connectivity index (χ2v) is 6.10. The fraction of sp³-hybridized carbons (Fsp3) is 0.100. The number of hydrogen-bond donors (Lipinski definition) is 1. The van der Waals surface area contributed by atoms with Crippen LogP contribution in [0.25, 0.3) is 17.4 Å². The van der Waals surface area contributed by atoms with Gasteiger partial charge in [0.05, 0.1) is 5.56 Å². The molecule has 0 atom stereocenters. The maximum absolute atomic E-state index is 12.1. The molecule has 7 heteroatoms. The summed E-state index contributed by atoms with van der Waals surface area (Å²) in [6, 6.07) is 10.5. The molecule has 27 heavy (non-hydrogen) atoms. The van der Waals surface area contributed by atoms with Gasteiger partial charge in [0.1, 0.15) is 29.8 Å². The summed E-state index contributed by atoms with van der Waals surface area (Å²) >= 11 is 0. The Morgan fingerprint density at radius 2 is 1.96 bits per heavy atom. The topological polar surface area (TPSA) is 109 Å². The lowest BCUT2D eigenvalue weighted by Gasteiger charge is -2.15. The number of fused-ring (bicyclic) bond motifs is 1. The smallest absolute Gasteiger partial charge is 0.338 e. The third-order valence-corrected chi connectivity index (χ3v) is 4.48. The van der Waals surface area contributed by atoms with Crippen LogP contribution in [0.15, 0.2) is 51.5 Å². The summed E-state index contributed by atoms with van der Waals surface area (Å²) in [5.41, 5.74) is 2.40. The van der Waals surface area contributed by atoms with Crippen LogP contribution in [-0.2, 0) is 20.9 Å². The van der Waals surface area contributed by atoms with E-state index in [-0.39, 0.29) is 23.7 Å². The number of hydrogen-bond acceptors (Lipinski definition) is 6. The molecule has 0 bridgehead atoms. The molecule has 2 aliphatic heterocycles. The second kappa shape index (κ2) is 6.11. The number of esters is 1. The van der Waals surface area contributed by atoms with E-state index in [0.29, 0.717) is 28.2 Å². The van der Waals surface area contributed by atoms with E-state index in [1.807, 2.05) is 12.1 Å². The number of nitrogens with zero attached hydrogens (tertiary/aromatic N) is 1. The Balaban J connectivity index is 1.71. The van der Waals surface area contributed by atoms with Crippen LogP contribution in [0.3, 0.4) is 0 Å². The Morgan fingerprint density at radius 3 is 2.74 bits per heavy atom. The minimum Gasteiger partial charge on any atom is -0.457 e. The molecule has 0 radical (unpaired) electrons. The standard InChI is InChI=1S/C20H12N2O5/c1-10-14(18(23)22-19(24)16(10)8-21)7-13-4-5-17(27-13)11-2-3-12-9-26-20(25)15(12)6-11/h2-7H,9H2,1H3,(H,22,23,24). The molecule has 0 saturated carbocycles. The number of ether oxygens (including phenoxy) is 1. The van der Waals surface area contributed by atoms with Gasteiger partial charge in [-0.25, -0.2) is 4.79 Å². The van der Waals surface area contributed by atoms with Crippen LogP contribution in [0, 0.1) is 11.3 Å². The number of cyclic esters (lactones) is 1. The molecule has 1 N–H and O–H groups in total. The highest BCUT2D eigenvalue weighted by atomic mass is 16.5. The van der Waals surface area contributed by atoms with Gasteiger partial charge in [-0.3, -0.25) is 14.9 Å². The van der Waals surface area contributed by atoms with Crippen LogP contribution in [0.4, 0.5) is 0 Å². The molecule has 7 nitrogen and oxygen atoms in total. The van der Waals surface area contributed by atoms with E-state index in [4.69, 9.17) is 14.4 Å².